The fourth-order valence-electron chi connectivity index (χ4n) is 1.13. The van der Waals surface area contributed by atoms with Crippen molar-refractivity contribution in [2.45, 2.75) is 0 Å². The van der Waals surface area contributed by atoms with Crippen molar-refractivity contribution in [3.05, 3.63) is 38.3 Å². The predicted octanol–water partition coefficient (Wildman–Crippen LogP) is 0.540. The molecule has 0 aliphatic heterocycles. The molecule has 2 aromatic heterocycles. The first kappa shape index (κ1) is 8.96. The van der Waals surface area contributed by atoms with Crippen LogP contribution < -0.4 is 11.4 Å². The topological polar surface area (TPSA) is 65.1 Å². The summed E-state index contributed by atoms with van der Waals surface area (Å²) in [5.74, 6) is -0.753. The van der Waals surface area contributed by atoms with Gasteiger partial charge < -0.3 is 4.42 Å². The SMILES string of the molecule is Cn1c(=O)oc(=O)c2ccc(Cl)nc21. The third-order valence-corrected chi connectivity index (χ3v) is 2.04. The lowest BCUT2D eigenvalue weighted by Crippen LogP contribution is -2.23. The highest BCUT2D eigenvalue weighted by molar-refractivity contribution is 6.29. The van der Waals surface area contributed by atoms with Crippen LogP contribution in [0.4, 0.5) is 0 Å². The summed E-state index contributed by atoms with van der Waals surface area (Å²) < 4.78 is 5.56. The molecule has 0 radical (unpaired) electrons. The van der Waals surface area contributed by atoms with Gasteiger partial charge in [0.1, 0.15) is 10.5 Å². The van der Waals surface area contributed by atoms with E-state index < -0.39 is 11.4 Å². The molecule has 72 valence electrons. The Morgan fingerprint density at radius 1 is 1.43 bits per heavy atom. The van der Waals surface area contributed by atoms with Crippen LogP contribution in [-0.4, -0.2) is 9.55 Å². The van der Waals surface area contributed by atoms with Gasteiger partial charge in [-0.3, -0.25) is 4.57 Å². The van der Waals surface area contributed by atoms with Crippen molar-refractivity contribution in [1.82, 2.24) is 9.55 Å². The standard InChI is InChI=1S/C8H5ClN2O3/c1-11-6-4(2-3-5(9)10-6)7(12)14-8(11)13/h2-3H,1H3. The third-order valence-electron chi connectivity index (χ3n) is 1.83. The predicted molar refractivity (Wildman–Crippen MR) is 50.5 cm³/mol. The van der Waals surface area contributed by atoms with E-state index in [1.807, 2.05) is 0 Å². The van der Waals surface area contributed by atoms with Crippen molar-refractivity contribution in [2.24, 2.45) is 7.05 Å². The largest absolute Gasteiger partial charge is 0.423 e. The smallest absolute Gasteiger partial charge is 0.372 e. The summed E-state index contributed by atoms with van der Waals surface area (Å²) in [5.41, 5.74) is -0.481. The molecule has 0 saturated carbocycles. The molecule has 2 aromatic rings. The summed E-state index contributed by atoms with van der Waals surface area (Å²) in [5, 5.41) is 0.453. The Labute approximate surface area is 82.6 Å². The van der Waals surface area contributed by atoms with Crippen LogP contribution in [-0.2, 0) is 7.05 Å². The molecule has 5 nitrogen and oxygen atoms in total. The van der Waals surface area contributed by atoms with Gasteiger partial charge in [-0.25, -0.2) is 14.6 Å². The van der Waals surface area contributed by atoms with Crippen LogP contribution in [0, 0.1) is 0 Å². The molecule has 0 bridgehead atoms. The second kappa shape index (κ2) is 2.95. The minimum Gasteiger partial charge on any atom is -0.372 e. The first-order valence-corrected chi connectivity index (χ1v) is 4.14. The molecule has 0 fully saturated rings. The Kier molecular flexibility index (Phi) is 1.89. The number of hydrogen-bond donors (Lipinski definition) is 0. The second-order valence-electron chi connectivity index (χ2n) is 2.72. The van der Waals surface area contributed by atoms with Gasteiger partial charge >= 0.3 is 11.4 Å². The summed E-state index contributed by atoms with van der Waals surface area (Å²) in [6.45, 7) is 0. The maximum atomic E-state index is 11.2. The van der Waals surface area contributed by atoms with E-state index in [0.29, 0.717) is 0 Å². The molecule has 0 aliphatic rings. The zero-order chi connectivity index (χ0) is 10.3. The van der Waals surface area contributed by atoms with Crippen LogP contribution in [0.5, 0.6) is 0 Å². The minimum absolute atomic E-state index is 0.220. The van der Waals surface area contributed by atoms with Crippen LogP contribution >= 0.6 is 11.6 Å². The molecule has 0 N–H and O–H groups in total. The van der Waals surface area contributed by atoms with Crippen LogP contribution in [0.3, 0.4) is 0 Å². The van der Waals surface area contributed by atoms with Crippen LogP contribution in [0.2, 0.25) is 5.15 Å². The Morgan fingerprint density at radius 3 is 2.86 bits per heavy atom. The molecule has 0 aromatic carbocycles. The van der Waals surface area contributed by atoms with E-state index in [2.05, 4.69) is 9.40 Å². The number of fused-ring (bicyclic) bond motifs is 1. The van der Waals surface area contributed by atoms with Gasteiger partial charge in [-0.15, -0.1) is 0 Å². The molecule has 2 rings (SSSR count). The number of aromatic nitrogens is 2. The van der Waals surface area contributed by atoms with Crippen molar-refractivity contribution in [3.63, 3.8) is 0 Å². The van der Waals surface area contributed by atoms with E-state index in [4.69, 9.17) is 11.6 Å². The molecule has 6 heteroatoms. The fourth-order valence-corrected chi connectivity index (χ4v) is 1.27. The molecule has 0 atom stereocenters. The van der Waals surface area contributed by atoms with Crippen LogP contribution in [0.15, 0.2) is 26.1 Å². The van der Waals surface area contributed by atoms with Crippen LogP contribution in [0.1, 0.15) is 0 Å². The van der Waals surface area contributed by atoms with E-state index in [0.717, 1.165) is 4.57 Å². The summed E-state index contributed by atoms with van der Waals surface area (Å²) in [6.07, 6.45) is 0. The lowest BCUT2D eigenvalue weighted by molar-refractivity contribution is 0.431. The molecule has 0 saturated heterocycles. The molecule has 0 aliphatic carbocycles. The number of halogens is 1. The molecular weight excluding hydrogens is 208 g/mol. The third kappa shape index (κ3) is 1.22. The number of nitrogens with zero attached hydrogens (tertiary/aromatic N) is 2. The fraction of sp³-hybridized carbons (Fsp3) is 0.125. The van der Waals surface area contributed by atoms with E-state index in [-0.39, 0.29) is 16.2 Å². The van der Waals surface area contributed by atoms with E-state index in [1.165, 1.54) is 19.2 Å². The first-order valence-electron chi connectivity index (χ1n) is 3.76. The van der Waals surface area contributed by atoms with Gasteiger partial charge in [0.05, 0.1) is 0 Å². The zero-order valence-electron chi connectivity index (χ0n) is 7.15. The maximum absolute atomic E-state index is 11.2. The van der Waals surface area contributed by atoms with Gasteiger partial charge in [-0.05, 0) is 12.1 Å². The van der Waals surface area contributed by atoms with Crippen molar-refractivity contribution in [2.75, 3.05) is 0 Å². The Bertz CT molecular complexity index is 614. The molecule has 2 heterocycles. The van der Waals surface area contributed by atoms with Gasteiger partial charge in [-0.2, -0.15) is 0 Å². The van der Waals surface area contributed by atoms with E-state index in [9.17, 15) is 9.59 Å². The lowest BCUT2D eigenvalue weighted by Gasteiger charge is -2.00. The number of hydrogen-bond acceptors (Lipinski definition) is 4. The normalized spacial score (nSPS) is 10.7. The van der Waals surface area contributed by atoms with Crippen molar-refractivity contribution in [3.8, 4) is 0 Å². The quantitative estimate of drug-likeness (QED) is 0.598. The second-order valence-corrected chi connectivity index (χ2v) is 3.11. The van der Waals surface area contributed by atoms with Gasteiger partial charge in [0.15, 0.2) is 5.65 Å². The molecular formula is C8H5ClN2O3. The Morgan fingerprint density at radius 2 is 2.14 bits per heavy atom. The van der Waals surface area contributed by atoms with Crippen molar-refractivity contribution < 1.29 is 4.42 Å². The van der Waals surface area contributed by atoms with Crippen molar-refractivity contribution in [1.29, 1.82) is 0 Å². The van der Waals surface area contributed by atoms with Gasteiger partial charge in [0.25, 0.3) is 0 Å². The highest BCUT2D eigenvalue weighted by atomic mass is 35.5. The lowest BCUT2D eigenvalue weighted by atomic mass is 10.3. The van der Waals surface area contributed by atoms with Crippen LogP contribution in [0.25, 0.3) is 11.0 Å². The average molecular weight is 213 g/mol. The Balaban J connectivity index is 3.11. The summed E-state index contributed by atoms with van der Waals surface area (Å²) in [6, 6.07) is 2.93. The number of pyridine rings is 1. The van der Waals surface area contributed by atoms with Gasteiger partial charge in [0.2, 0.25) is 0 Å². The maximum Gasteiger partial charge on any atom is 0.423 e. The highest BCUT2D eigenvalue weighted by Gasteiger charge is 2.07. The zero-order valence-corrected chi connectivity index (χ0v) is 7.91. The summed E-state index contributed by atoms with van der Waals surface area (Å²) in [4.78, 5) is 26.1. The average Bonchev–Trinajstić information content (AvgIpc) is 2.14. The van der Waals surface area contributed by atoms with Gasteiger partial charge in [0, 0.05) is 7.05 Å². The molecule has 0 spiro atoms. The van der Waals surface area contributed by atoms with Crippen molar-refractivity contribution >= 4 is 22.6 Å². The first-order chi connectivity index (χ1) is 6.59. The van der Waals surface area contributed by atoms with E-state index in [1.54, 1.807) is 0 Å². The van der Waals surface area contributed by atoms with Gasteiger partial charge in [-0.1, -0.05) is 11.6 Å². The molecule has 14 heavy (non-hydrogen) atoms. The minimum atomic E-state index is -0.753. The number of rotatable bonds is 0. The monoisotopic (exact) mass is 212 g/mol. The summed E-state index contributed by atoms with van der Waals surface area (Å²) >= 11 is 5.64. The highest BCUT2D eigenvalue weighted by Crippen LogP contribution is 2.09. The summed E-state index contributed by atoms with van der Waals surface area (Å²) in [7, 11) is 1.46. The number of aryl methyl sites for hydroxylation is 1. The molecule has 0 unspecified atom stereocenters. The van der Waals surface area contributed by atoms with E-state index >= 15 is 0 Å². The Hall–Kier alpha value is -1.62. The molecule has 0 amide bonds.